The molecule has 1 saturated carbocycles. The Morgan fingerprint density at radius 1 is 1.30 bits per heavy atom. The number of carbonyl (C=O) groups excluding carboxylic acids is 1. The lowest BCUT2D eigenvalue weighted by Crippen LogP contribution is -2.48. The van der Waals surface area contributed by atoms with Gasteiger partial charge in [0.2, 0.25) is 5.91 Å². The van der Waals surface area contributed by atoms with Crippen LogP contribution < -0.4 is 20.9 Å². The molecule has 110 valence electrons. The third-order valence-corrected chi connectivity index (χ3v) is 3.79. The summed E-state index contributed by atoms with van der Waals surface area (Å²) in [6.45, 7) is 0. The highest BCUT2D eigenvalue weighted by Gasteiger charge is 2.34. The van der Waals surface area contributed by atoms with Gasteiger partial charge in [0, 0.05) is 17.6 Å². The third kappa shape index (κ3) is 4.19. The molecule has 1 fully saturated rings. The number of carbonyl (C=O) groups is 1. The summed E-state index contributed by atoms with van der Waals surface area (Å²) in [4.78, 5) is 11.9. The van der Waals surface area contributed by atoms with Crippen molar-refractivity contribution in [2.45, 2.75) is 31.2 Å². The first-order chi connectivity index (χ1) is 9.26. The van der Waals surface area contributed by atoms with Crippen LogP contribution >= 0.6 is 0 Å². The second kappa shape index (κ2) is 5.39. The summed E-state index contributed by atoms with van der Waals surface area (Å²) in [6.07, 6.45) is 3.03. The van der Waals surface area contributed by atoms with E-state index in [0.29, 0.717) is 5.69 Å². The Bertz CT molecular complexity index is 611. The molecule has 0 radical (unpaired) electrons. The molecular formula is C12H18N4O3S. The molecule has 0 atom stereocenters. The molecule has 1 amide bonds. The van der Waals surface area contributed by atoms with E-state index in [1.807, 2.05) is 0 Å². The number of nitrogens with one attached hydrogen (secondary N) is 2. The summed E-state index contributed by atoms with van der Waals surface area (Å²) in [5.74, 6) is -0.181. The van der Waals surface area contributed by atoms with Gasteiger partial charge >= 0.3 is 0 Å². The summed E-state index contributed by atoms with van der Waals surface area (Å²) in [6, 6.07) is 6.31. The van der Waals surface area contributed by atoms with E-state index in [1.54, 1.807) is 12.1 Å². The number of nitrogens with two attached hydrogens (primary N) is 2. The van der Waals surface area contributed by atoms with Crippen LogP contribution in [0.3, 0.4) is 0 Å². The highest BCUT2D eigenvalue weighted by molar-refractivity contribution is 7.90. The molecular weight excluding hydrogens is 280 g/mol. The summed E-state index contributed by atoms with van der Waals surface area (Å²) in [5, 5.41) is 7.58. The van der Waals surface area contributed by atoms with Crippen molar-refractivity contribution in [1.82, 2.24) is 0 Å². The van der Waals surface area contributed by atoms with Gasteiger partial charge < -0.3 is 11.1 Å². The van der Waals surface area contributed by atoms with Crippen LogP contribution in [-0.4, -0.2) is 19.9 Å². The lowest BCUT2D eigenvalue weighted by molar-refractivity contribution is -0.118. The molecule has 1 aliphatic carbocycles. The van der Waals surface area contributed by atoms with E-state index in [9.17, 15) is 13.2 Å². The van der Waals surface area contributed by atoms with Crippen molar-refractivity contribution in [3.8, 4) is 0 Å². The van der Waals surface area contributed by atoms with Gasteiger partial charge in [-0.3, -0.25) is 9.52 Å². The van der Waals surface area contributed by atoms with Crippen molar-refractivity contribution in [2.24, 2.45) is 10.9 Å². The van der Waals surface area contributed by atoms with Crippen LogP contribution in [0, 0.1) is 0 Å². The highest BCUT2D eigenvalue weighted by atomic mass is 32.2. The first-order valence-corrected chi connectivity index (χ1v) is 7.80. The van der Waals surface area contributed by atoms with Crippen molar-refractivity contribution in [1.29, 1.82) is 0 Å². The van der Waals surface area contributed by atoms with Gasteiger partial charge in [0.05, 0.1) is 5.69 Å². The molecule has 1 aromatic rings. The van der Waals surface area contributed by atoms with Gasteiger partial charge in [-0.05, 0) is 37.5 Å². The molecule has 1 aromatic carbocycles. The number of rotatable bonds is 5. The van der Waals surface area contributed by atoms with E-state index in [0.717, 1.165) is 19.3 Å². The Morgan fingerprint density at radius 2 is 1.95 bits per heavy atom. The molecule has 0 unspecified atom stereocenters. The van der Waals surface area contributed by atoms with Crippen molar-refractivity contribution < 1.29 is 13.2 Å². The molecule has 0 saturated heterocycles. The quantitative estimate of drug-likeness (QED) is 0.631. The molecule has 0 bridgehead atoms. The number of benzene rings is 1. The van der Waals surface area contributed by atoms with Gasteiger partial charge in [0.1, 0.15) is 0 Å². The SMILES string of the molecule is NC1(CC(=O)Nc2cccc(NS(N)(=O)=O)c2)CCC1. The number of hydrogen-bond donors (Lipinski definition) is 4. The highest BCUT2D eigenvalue weighted by Crippen LogP contribution is 2.32. The smallest absolute Gasteiger partial charge is 0.296 e. The minimum Gasteiger partial charge on any atom is -0.326 e. The summed E-state index contributed by atoms with van der Waals surface area (Å²) < 4.78 is 24.0. The maximum Gasteiger partial charge on any atom is 0.296 e. The van der Waals surface area contributed by atoms with Gasteiger partial charge in [-0.15, -0.1) is 0 Å². The normalized spacial score (nSPS) is 17.1. The number of anilines is 2. The largest absolute Gasteiger partial charge is 0.326 e. The van der Waals surface area contributed by atoms with Gasteiger partial charge in [-0.1, -0.05) is 6.07 Å². The standard InChI is InChI=1S/C12H18N4O3S/c13-12(5-2-6-12)8-11(17)15-9-3-1-4-10(7-9)16-20(14,18)19/h1,3-4,7,16H,2,5-6,8,13H2,(H,15,17)(H2,14,18,19). The van der Waals surface area contributed by atoms with Crippen molar-refractivity contribution in [2.75, 3.05) is 10.0 Å². The first kappa shape index (κ1) is 14.8. The molecule has 1 aliphatic rings. The Balaban J connectivity index is 1.99. The zero-order valence-electron chi connectivity index (χ0n) is 10.9. The maximum atomic E-state index is 11.9. The Morgan fingerprint density at radius 3 is 2.50 bits per heavy atom. The van der Waals surface area contributed by atoms with Crippen LogP contribution in [0.2, 0.25) is 0 Å². The Hall–Kier alpha value is -1.64. The fraction of sp³-hybridized carbons (Fsp3) is 0.417. The monoisotopic (exact) mass is 298 g/mol. The van der Waals surface area contributed by atoms with E-state index in [4.69, 9.17) is 10.9 Å². The fourth-order valence-electron chi connectivity index (χ4n) is 2.16. The van der Waals surface area contributed by atoms with E-state index >= 15 is 0 Å². The van der Waals surface area contributed by atoms with Crippen molar-refractivity contribution >= 4 is 27.5 Å². The summed E-state index contributed by atoms with van der Waals surface area (Å²) in [7, 11) is -3.83. The third-order valence-electron chi connectivity index (χ3n) is 3.27. The predicted octanol–water partition coefficient (Wildman–Crippen LogP) is 0.512. The summed E-state index contributed by atoms with van der Waals surface area (Å²) in [5.41, 5.74) is 6.39. The van der Waals surface area contributed by atoms with Gasteiger partial charge in [0.15, 0.2) is 0 Å². The minimum absolute atomic E-state index is 0.181. The molecule has 7 nitrogen and oxygen atoms in total. The van der Waals surface area contributed by atoms with Crippen LogP contribution in [0.1, 0.15) is 25.7 Å². The predicted molar refractivity (Wildman–Crippen MR) is 77.2 cm³/mol. The zero-order chi connectivity index (χ0) is 14.8. The Labute approximate surface area is 117 Å². The second-order valence-corrected chi connectivity index (χ2v) is 6.46. The molecule has 0 spiro atoms. The molecule has 0 aliphatic heterocycles. The zero-order valence-corrected chi connectivity index (χ0v) is 11.7. The van der Waals surface area contributed by atoms with E-state index < -0.39 is 10.2 Å². The van der Waals surface area contributed by atoms with E-state index in [2.05, 4.69) is 10.0 Å². The average Bonchev–Trinajstić information content (AvgIpc) is 2.24. The van der Waals surface area contributed by atoms with Crippen LogP contribution in [-0.2, 0) is 15.0 Å². The van der Waals surface area contributed by atoms with Gasteiger partial charge in [0.25, 0.3) is 10.2 Å². The topological polar surface area (TPSA) is 127 Å². The summed E-state index contributed by atoms with van der Waals surface area (Å²) >= 11 is 0. The lowest BCUT2D eigenvalue weighted by Gasteiger charge is -2.37. The van der Waals surface area contributed by atoms with Crippen LogP contribution in [0.25, 0.3) is 0 Å². The lowest BCUT2D eigenvalue weighted by atomic mass is 9.75. The van der Waals surface area contributed by atoms with Crippen molar-refractivity contribution in [3.05, 3.63) is 24.3 Å². The fourth-order valence-corrected chi connectivity index (χ4v) is 2.61. The molecule has 6 N–H and O–H groups in total. The molecule has 8 heteroatoms. The second-order valence-electron chi connectivity index (χ2n) is 5.17. The van der Waals surface area contributed by atoms with Crippen molar-refractivity contribution in [3.63, 3.8) is 0 Å². The Kier molecular flexibility index (Phi) is 3.98. The minimum atomic E-state index is -3.83. The molecule has 2 rings (SSSR count). The van der Waals surface area contributed by atoms with Crippen LogP contribution in [0.4, 0.5) is 11.4 Å². The van der Waals surface area contributed by atoms with E-state index in [-0.39, 0.29) is 23.6 Å². The average molecular weight is 298 g/mol. The van der Waals surface area contributed by atoms with E-state index in [1.165, 1.54) is 12.1 Å². The van der Waals surface area contributed by atoms with Crippen LogP contribution in [0.5, 0.6) is 0 Å². The maximum absolute atomic E-state index is 11.9. The number of hydrogen-bond acceptors (Lipinski definition) is 4. The molecule has 20 heavy (non-hydrogen) atoms. The number of amides is 1. The van der Waals surface area contributed by atoms with Crippen LogP contribution in [0.15, 0.2) is 24.3 Å². The molecule has 0 aromatic heterocycles. The first-order valence-electron chi connectivity index (χ1n) is 6.25. The van der Waals surface area contributed by atoms with Gasteiger partial charge in [-0.2, -0.15) is 8.42 Å². The molecule has 0 heterocycles. The van der Waals surface area contributed by atoms with Gasteiger partial charge in [-0.25, -0.2) is 5.14 Å².